The van der Waals surface area contributed by atoms with Crippen LogP contribution in [0.2, 0.25) is 5.02 Å². The van der Waals surface area contributed by atoms with Gasteiger partial charge >= 0.3 is 0 Å². The third-order valence-electron chi connectivity index (χ3n) is 3.92. The normalized spacial score (nSPS) is 18.0. The topological polar surface area (TPSA) is 39.1 Å². The number of aromatic nitrogens is 2. The number of ether oxygens (including phenoxy) is 1. The average Bonchev–Trinajstić information content (AvgIpc) is 2.89. The molecule has 2 aromatic rings. The Morgan fingerprint density at radius 2 is 2.22 bits per heavy atom. The monoisotopic (exact) mass is 333 g/mol. The molecule has 23 heavy (non-hydrogen) atoms. The van der Waals surface area contributed by atoms with Gasteiger partial charge in [-0.3, -0.25) is 0 Å². The van der Waals surface area contributed by atoms with E-state index in [0.717, 1.165) is 41.7 Å². The van der Waals surface area contributed by atoms with Crippen LogP contribution in [-0.4, -0.2) is 28.7 Å². The summed E-state index contributed by atoms with van der Waals surface area (Å²) in [5.74, 6) is 0.979. The highest BCUT2D eigenvalue weighted by atomic mass is 35.5. The minimum atomic E-state index is 0.164. The molecular weight excluding hydrogens is 310 g/mol. The van der Waals surface area contributed by atoms with E-state index in [0.29, 0.717) is 6.61 Å². The van der Waals surface area contributed by atoms with Crippen molar-refractivity contribution >= 4 is 11.6 Å². The number of nitrogens with one attached hydrogen (secondary N) is 1. The smallest absolute Gasteiger partial charge is 0.135 e. The molecule has 0 saturated carbocycles. The average molecular weight is 334 g/mol. The lowest BCUT2D eigenvalue weighted by Gasteiger charge is -2.27. The molecule has 0 spiro atoms. The van der Waals surface area contributed by atoms with Crippen molar-refractivity contribution in [2.24, 2.45) is 5.41 Å². The first-order valence-electron chi connectivity index (χ1n) is 8.05. The van der Waals surface area contributed by atoms with Crippen LogP contribution < -0.4 is 5.32 Å². The Labute approximate surface area is 142 Å². The standard InChI is InChI=1S/C18H24ClN3O/c1-18(2,3)12-20-8-15-10-22-16(9-21-17(22)11-23-15)13-5-4-6-14(19)7-13/h4-7,9,15,20H,8,10-12H2,1-3H3/t15-/m0/s1. The molecule has 2 heterocycles. The molecule has 1 aromatic carbocycles. The highest BCUT2D eigenvalue weighted by molar-refractivity contribution is 6.30. The maximum absolute atomic E-state index is 6.12. The highest BCUT2D eigenvalue weighted by Crippen LogP contribution is 2.26. The lowest BCUT2D eigenvalue weighted by Crippen LogP contribution is -2.39. The van der Waals surface area contributed by atoms with Gasteiger partial charge in [0.2, 0.25) is 0 Å². The predicted molar refractivity (Wildman–Crippen MR) is 93.6 cm³/mol. The molecule has 1 N–H and O–H groups in total. The maximum Gasteiger partial charge on any atom is 0.135 e. The quantitative estimate of drug-likeness (QED) is 0.926. The molecule has 1 aliphatic rings. The molecule has 0 saturated heterocycles. The molecule has 0 unspecified atom stereocenters. The molecule has 1 aliphatic heterocycles. The number of rotatable bonds is 4. The van der Waals surface area contributed by atoms with Gasteiger partial charge in [0.05, 0.1) is 24.5 Å². The third kappa shape index (κ3) is 4.14. The Morgan fingerprint density at radius 1 is 1.39 bits per heavy atom. The van der Waals surface area contributed by atoms with Crippen molar-refractivity contribution in [1.82, 2.24) is 14.9 Å². The highest BCUT2D eigenvalue weighted by Gasteiger charge is 2.23. The zero-order valence-corrected chi connectivity index (χ0v) is 14.7. The fraction of sp³-hybridized carbons (Fsp3) is 0.500. The number of hydrogen-bond donors (Lipinski definition) is 1. The molecule has 4 nitrogen and oxygen atoms in total. The van der Waals surface area contributed by atoms with E-state index in [4.69, 9.17) is 16.3 Å². The molecule has 0 aliphatic carbocycles. The van der Waals surface area contributed by atoms with Crippen LogP contribution in [0.4, 0.5) is 0 Å². The van der Waals surface area contributed by atoms with E-state index in [9.17, 15) is 0 Å². The fourth-order valence-corrected chi connectivity index (χ4v) is 2.98. The van der Waals surface area contributed by atoms with E-state index in [1.165, 1.54) is 0 Å². The van der Waals surface area contributed by atoms with Gasteiger partial charge in [-0.15, -0.1) is 0 Å². The molecule has 1 atom stereocenters. The van der Waals surface area contributed by atoms with Gasteiger partial charge < -0.3 is 14.6 Å². The summed E-state index contributed by atoms with van der Waals surface area (Å²) in [5, 5.41) is 4.25. The molecule has 0 amide bonds. The number of fused-ring (bicyclic) bond motifs is 1. The van der Waals surface area contributed by atoms with Gasteiger partial charge in [0.25, 0.3) is 0 Å². The van der Waals surface area contributed by atoms with E-state index in [-0.39, 0.29) is 11.5 Å². The second-order valence-electron chi connectivity index (χ2n) is 7.31. The molecule has 0 radical (unpaired) electrons. The Morgan fingerprint density at radius 3 is 2.96 bits per heavy atom. The first-order valence-corrected chi connectivity index (χ1v) is 8.43. The molecule has 1 aromatic heterocycles. The lowest BCUT2D eigenvalue weighted by molar-refractivity contribution is 0.00255. The van der Waals surface area contributed by atoms with Crippen LogP contribution in [-0.2, 0) is 17.9 Å². The summed E-state index contributed by atoms with van der Waals surface area (Å²) in [6, 6.07) is 7.91. The minimum absolute atomic E-state index is 0.164. The second-order valence-corrected chi connectivity index (χ2v) is 7.74. The molecular formula is C18H24ClN3O. The molecule has 0 fully saturated rings. The van der Waals surface area contributed by atoms with Crippen LogP contribution in [0.1, 0.15) is 26.6 Å². The van der Waals surface area contributed by atoms with Crippen molar-refractivity contribution in [3.05, 3.63) is 41.3 Å². The van der Waals surface area contributed by atoms with Crippen LogP contribution in [0.15, 0.2) is 30.5 Å². The number of imidazole rings is 1. The zero-order chi connectivity index (χ0) is 16.4. The van der Waals surface area contributed by atoms with Crippen LogP contribution in [0.5, 0.6) is 0 Å². The largest absolute Gasteiger partial charge is 0.367 e. The summed E-state index contributed by atoms with van der Waals surface area (Å²) in [6.45, 7) is 9.89. The fourth-order valence-electron chi connectivity index (χ4n) is 2.79. The molecule has 124 valence electrons. The molecule has 5 heteroatoms. The first-order chi connectivity index (χ1) is 10.9. The van der Waals surface area contributed by atoms with E-state index in [1.807, 2.05) is 24.4 Å². The minimum Gasteiger partial charge on any atom is -0.367 e. The van der Waals surface area contributed by atoms with E-state index in [1.54, 1.807) is 0 Å². The van der Waals surface area contributed by atoms with Gasteiger partial charge in [-0.25, -0.2) is 4.98 Å². The van der Waals surface area contributed by atoms with Crippen LogP contribution >= 0.6 is 11.6 Å². The van der Waals surface area contributed by atoms with Crippen molar-refractivity contribution in [1.29, 1.82) is 0 Å². The predicted octanol–water partition coefficient (Wildman–Crippen LogP) is 3.74. The SMILES string of the molecule is CC(C)(C)CNC[C@H]1Cn2c(-c3cccc(Cl)c3)cnc2CO1. The summed E-state index contributed by atoms with van der Waals surface area (Å²) in [7, 11) is 0. The van der Waals surface area contributed by atoms with Crippen molar-refractivity contribution in [3.63, 3.8) is 0 Å². The van der Waals surface area contributed by atoms with E-state index >= 15 is 0 Å². The Hall–Kier alpha value is -1.36. The first kappa shape index (κ1) is 16.5. The summed E-state index contributed by atoms with van der Waals surface area (Å²) in [5.41, 5.74) is 2.48. The van der Waals surface area contributed by atoms with Crippen LogP contribution in [0, 0.1) is 5.41 Å². The van der Waals surface area contributed by atoms with Crippen LogP contribution in [0.3, 0.4) is 0 Å². The number of nitrogens with zero attached hydrogens (tertiary/aromatic N) is 2. The summed E-state index contributed by atoms with van der Waals surface area (Å²) in [4.78, 5) is 4.49. The van der Waals surface area contributed by atoms with Gasteiger partial charge in [-0.1, -0.05) is 44.5 Å². The van der Waals surface area contributed by atoms with Gasteiger partial charge in [-0.05, 0) is 17.5 Å². The van der Waals surface area contributed by atoms with E-state index < -0.39 is 0 Å². The van der Waals surface area contributed by atoms with Crippen LogP contribution in [0.25, 0.3) is 11.3 Å². The maximum atomic E-state index is 6.12. The third-order valence-corrected chi connectivity index (χ3v) is 4.16. The zero-order valence-electron chi connectivity index (χ0n) is 14.0. The Bertz CT molecular complexity index is 675. The van der Waals surface area contributed by atoms with Gasteiger partial charge in [-0.2, -0.15) is 0 Å². The number of hydrogen-bond acceptors (Lipinski definition) is 3. The van der Waals surface area contributed by atoms with Crippen molar-refractivity contribution < 1.29 is 4.74 Å². The van der Waals surface area contributed by atoms with Crippen molar-refractivity contribution in [2.75, 3.05) is 13.1 Å². The Kier molecular flexibility index (Phi) is 4.76. The number of benzene rings is 1. The van der Waals surface area contributed by atoms with Crippen molar-refractivity contribution in [2.45, 2.75) is 40.0 Å². The van der Waals surface area contributed by atoms with E-state index in [2.05, 4.69) is 41.7 Å². The lowest BCUT2D eigenvalue weighted by atomic mass is 9.97. The van der Waals surface area contributed by atoms with Gasteiger partial charge in [0.1, 0.15) is 12.4 Å². The molecule has 3 rings (SSSR count). The van der Waals surface area contributed by atoms with Gasteiger partial charge in [0.15, 0.2) is 0 Å². The Balaban J connectivity index is 1.71. The summed E-state index contributed by atoms with van der Waals surface area (Å²) in [6.07, 6.45) is 2.08. The summed E-state index contributed by atoms with van der Waals surface area (Å²) >= 11 is 6.12. The number of halogens is 1. The summed E-state index contributed by atoms with van der Waals surface area (Å²) < 4.78 is 8.17. The van der Waals surface area contributed by atoms with Gasteiger partial charge in [0, 0.05) is 23.7 Å². The van der Waals surface area contributed by atoms with Crippen molar-refractivity contribution in [3.8, 4) is 11.3 Å². The second kappa shape index (κ2) is 6.63. The molecule has 0 bridgehead atoms.